The Balaban J connectivity index is 2.60. The topological polar surface area (TPSA) is 9.23 Å². The van der Waals surface area contributed by atoms with Crippen molar-refractivity contribution in [3.8, 4) is 5.75 Å². The molecular formula is C11H15O. The van der Waals surface area contributed by atoms with Crippen molar-refractivity contribution in [1.82, 2.24) is 0 Å². The van der Waals surface area contributed by atoms with Gasteiger partial charge in [-0.15, -0.1) is 0 Å². The highest BCUT2D eigenvalue weighted by molar-refractivity contribution is 5.26. The highest BCUT2D eigenvalue weighted by Gasteiger charge is 1.94. The summed E-state index contributed by atoms with van der Waals surface area (Å²) in [5.41, 5.74) is 1.25. The molecule has 0 aliphatic carbocycles. The van der Waals surface area contributed by atoms with Crippen molar-refractivity contribution in [3.05, 3.63) is 29.8 Å². The molecule has 0 fully saturated rings. The zero-order valence-corrected chi connectivity index (χ0v) is 7.76. The number of ether oxygens (including phenoxy) is 1. The van der Waals surface area contributed by atoms with Gasteiger partial charge in [0.05, 0.1) is 7.11 Å². The van der Waals surface area contributed by atoms with Crippen LogP contribution in [0, 0.1) is 6.07 Å². The Labute approximate surface area is 74.4 Å². The summed E-state index contributed by atoms with van der Waals surface area (Å²) in [6, 6.07) is 9.24. The number of aryl methyl sites for hydroxylation is 1. The Kier molecular flexibility index (Phi) is 3.65. The van der Waals surface area contributed by atoms with Crippen molar-refractivity contribution in [2.75, 3.05) is 7.11 Å². The van der Waals surface area contributed by atoms with Crippen molar-refractivity contribution in [2.24, 2.45) is 0 Å². The summed E-state index contributed by atoms with van der Waals surface area (Å²) < 4.78 is 5.08. The zero-order valence-electron chi connectivity index (χ0n) is 7.76. The van der Waals surface area contributed by atoms with Gasteiger partial charge in [0.25, 0.3) is 0 Å². The summed E-state index contributed by atoms with van der Waals surface area (Å²) in [7, 11) is 1.68. The van der Waals surface area contributed by atoms with E-state index in [1.165, 1.54) is 18.4 Å². The molecule has 12 heavy (non-hydrogen) atoms. The van der Waals surface area contributed by atoms with Gasteiger partial charge in [-0.25, -0.2) is 0 Å². The number of methoxy groups -OCH3 is 1. The van der Waals surface area contributed by atoms with Gasteiger partial charge in [0.15, 0.2) is 0 Å². The van der Waals surface area contributed by atoms with E-state index in [0.717, 1.165) is 12.2 Å². The van der Waals surface area contributed by atoms with Crippen molar-refractivity contribution < 1.29 is 4.74 Å². The molecule has 1 nitrogen and oxygen atoms in total. The Hall–Kier alpha value is -0.980. The van der Waals surface area contributed by atoms with Crippen LogP contribution < -0.4 is 4.74 Å². The van der Waals surface area contributed by atoms with Crippen molar-refractivity contribution in [2.45, 2.75) is 26.2 Å². The first kappa shape index (κ1) is 9.11. The van der Waals surface area contributed by atoms with E-state index in [4.69, 9.17) is 4.74 Å². The smallest absolute Gasteiger partial charge is 0.127 e. The molecule has 1 aromatic carbocycles. The third-order valence-corrected chi connectivity index (χ3v) is 1.85. The SMILES string of the molecule is CCCCc1[c]c(OC)ccc1. The summed E-state index contributed by atoms with van der Waals surface area (Å²) >= 11 is 0. The third kappa shape index (κ3) is 2.57. The summed E-state index contributed by atoms with van der Waals surface area (Å²) in [6.45, 7) is 2.19. The van der Waals surface area contributed by atoms with E-state index < -0.39 is 0 Å². The second-order valence-electron chi connectivity index (χ2n) is 2.85. The molecule has 0 spiro atoms. The standard InChI is InChI=1S/C11H15O/c1-3-4-6-10-7-5-8-11(9-10)12-2/h5,7-8H,3-4,6H2,1-2H3. The largest absolute Gasteiger partial charge is 0.496 e. The van der Waals surface area contributed by atoms with Gasteiger partial charge in [0.1, 0.15) is 5.75 Å². The average Bonchev–Trinajstić information content (AvgIpc) is 2.15. The highest BCUT2D eigenvalue weighted by Crippen LogP contribution is 2.13. The molecule has 0 unspecified atom stereocenters. The number of rotatable bonds is 4. The lowest BCUT2D eigenvalue weighted by Crippen LogP contribution is -1.87. The lowest BCUT2D eigenvalue weighted by molar-refractivity contribution is 0.413. The van der Waals surface area contributed by atoms with Crippen LogP contribution in [0.5, 0.6) is 5.75 Å². The highest BCUT2D eigenvalue weighted by atomic mass is 16.5. The Morgan fingerprint density at radius 2 is 2.25 bits per heavy atom. The quantitative estimate of drug-likeness (QED) is 0.663. The van der Waals surface area contributed by atoms with Crippen LogP contribution >= 0.6 is 0 Å². The molecule has 65 valence electrons. The second kappa shape index (κ2) is 4.81. The molecule has 0 amide bonds. The van der Waals surface area contributed by atoms with E-state index in [9.17, 15) is 0 Å². The first-order valence-electron chi connectivity index (χ1n) is 4.42. The van der Waals surface area contributed by atoms with Crippen LogP contribution in [0.2, 0.25) is 0 Å². The van der Waals surface area contributed by atoms with Crippen molar-refractivity contribution in [3.63, 3.8) is 0 Å². The fourth-order valence-electron chi connectivity index (χ4n) is 1.13. The summed E-state index contributed by atoms with van der Waals surface area (Å²) in [6.07, 6.45) is 3.56. The fraction of sp³-hybridized carbons (Fsp3) is 0.455. The Morgan fingerprint density at radius 1 is 1.42 bits per heavy atom. The van der Waals surface area contributed by atoms with Crippen molar-refractivity contribution in [1.29, 1.82) is 0 Å². The van der Waals surface area contributed by atoms with Crippen LogP contribution in [0.3, 0.4) is 0 Å². The molecular weight excluding hydrogens is 148 g/mol. The van der Waals surface area contributed by atoms with E-state index >= 15 is 0 Å². The molecule has 0 heterocycles. The van der Waals surface area contributed by atoms with E-state index in [1.807, 2.05) is 12.1 Å². The molecule has 0 aliphatic rings. The van der Waals surface area contributed by atoms with Crippen molar-refractivity contribution >= 4 is 0 Å². The lowest BCUT2D eigenvalue weighted by atomic mass is 10.1. The monoisotopic (exact) mass is 163 g/mol. The molecule has 0 aromatic heterocycles. The van der Waals surface area contributed by atoms with Gasteiger partial charge < -0.3 is 4.74 Å². The van der Waals surface area contributed by atoms with E-state index in [1.54, 1.807) is 7.11 Å². The van der Waals surface area contributed by atoms with Gasteiger partial charge in [0.2, 0.25) is 0 Å². The van der Waals surface area contributed by atoms with Gasteiger partial charge in [-0.05, 0) is 24.5 Å². The van der Waals surface area contributed by atoms with Gasteiger partial charge in [-0.2, -0.15) is 0 Å². The molecule has 1 radical (unpaired) electrons. The van der Waals surface area contributed by atoms with Gasteiger partial charge in [0, 0.05) is 6.07 Å². The van der Waals surface area contributed by atoms with E-state index in [0.29, 0.717) is 0 Å². The molecule has 0 saturated heterocycles. The normalized spacial score (nSPS) is 9.83. The number of benzene rings is 1. The number of hydrogen-bond donors (Lipinski definition) is 0. The Morgan fingerprint density at radius 3 is 2.92 bits per heavy atom. The minimum absolute atomic E-state index is 0.837. The summed E-state index contributed by atoms with van der Waals surface area (Å²) in [5.74, 6) is 0.837. The van der Waals surface area contributed by atoms with Crippen LogP contribution in [-0.4, -0.2) is 7.11 Å². The maximum Gasteiger partial charge on any atom is 0.127 e. The van der Waals surface area contributed by atoms with Crippen LogP contribution in [0.25, 0.3) is 0 Å². The first-order chi connectivity index (χ1) is 5.86. The molecule has 0 bridgehead atoms. The second-order valence-corrected chi connectivity index (χ2v) is 2.85. The molecule has 0 saturated carbocycles. The molecule has 0 atom stereocenters. The maximum atomic E-state index is 5.08. The lowest BCUT2D eigenvalue weighted by Gasteiger charge is -2.01. The third-order valence-electron chi connectivity index (χ3n) is 1.85. The fourth-order valence-corrected chi connectivity index (χ4v) is 1.13. The summed E-state index contributed by atoms with van der Waals surface area (Å²) in [4.78, 5) is 0. The molecule has 0 N–H and O–H groups in total. The minimum Gasteiger partial charge on any atom is -0.496 e. The summed E-state index contributed by atoms with van der Waals surface area (Å²) in [5, 5.41) is 0. The molecule has 0 aliphatic heterocycles. The van der Waals surface area contributed by atoms with Crippen LogP contribution in [0.15, 0.2) is 18.2 Å². The number of hydrogen-bond acceptors (Lipinski definition) is 1. The molecule has 1 heteroatoms. The van der Waals surface area contributed by atoms with Gasteiger partial charge >= 0.3 is 0 Å². The molecule has 1 aromatic rings. The van der Waals surface area contributed by atoms with E-state index in [-0.39, 0.29) is 0 Å². The van der Waals surface area contributed by atoms with Gasteiger partial charge in [-0.1, -0.05) is 25.5 Å². The zero-order chi connectivity index (χ0) is 8.81. The number of unbranched alkanes of at least 4 members (excludes halogenated alkanes) is 1. The average molecular weight is 163 g/mol. The predicted octanol–water partition coefficient (Wildman–Crippen LogP) is 2.84. The minimum atomic E-state index is 0.837. The molecule has 1 rings (SSSR count). The van der Waals surface area contributed by atoms with Crippen LogP contribution in [0.4, 0.5) is 0 Å². The van der Waals surface area contributed by atoms with Crippen LogP contribution in [-0.2, 0) is 6.42 Å². The van der Waals surface area contributed by atoms with Gasteiger partial charge in [-0.3, -0.25) is 0 Å². The Bertz CT molecular complexity index is 230. The predicted molar refractivity (Wildman–Crippen MR) is 50.4 cm³/mol. The maximum absolute atomic E-state index is 5.08. The van der Waals surface area contributed by atoms with Crippen LogP contribution in [0.1, 0.15) is 25.3 Å². The van der Waals surface area contributed by atoms with E-state index in [2.05, 4.69) is 19.1 Å². The first-order valence-corrected chi connectivity index (χ1v) is 4.42.